The maximum absolute atomic E-state index is 12.4. The van der Waals surface area contributed by atoms with E-state index in [4.69, 9.17) is 0 Å². The SMILES string of the molecule is CCCCN(C)C(=O)c1ccc(Nc2ccccc2C(C)(C)C)nc1. The molecule has 0 aliphatic carbocycles. The van der Waals surface area contributed by atoms with Crippen LogP contribution in [0.4, 0.5) is 11.5 Å². The molecule has 1 N–H and O–H groups in total. The van der Waals surface area contributed by atoms with Crippen LogP contribution in [0.1, 0.15) is 56.5 Å². The van der Waals surface area contributed by atoms with Gasteiger partial charge in [0.25, 0.3) is 5.91 Å². The molecule has 2 rings (SSSR count). The zero-order chi connectivity index (χ0) is 18.4. The van der Waals surface area contributed by atoms with Crippen LogP contribution in [-0.4, -0.2) is 29.4 Å². The molecule has 0 aliphatic rings. The number of nitrogens with one attached hydrogen (secondary N) is 1. The molecule has 0 atom stereocenters. The summed E-state index contributed by atoms with van der Waals surface area (Å²) in [6, 6.07) is 11.9. The first-order valence-electron chi connectivity index (χ1n) is 8.91. The van der Waals surface area contributed by atoms with E-state index in [1.807, 2.05) is 31.3 Å². The third kappa shape index (κ3) is 5.05. The molecular weight excluding hydrogens is 310 g/mol. The van der Waals surface area contributed by atoms with E-state index in [2.05, 4.69) is 50.1 Å². The van der Waals surface area contributed by atoms with Gasteiger partial charge in [0.1, 0.15) is 5.82 Å². The van der Waals surface area contributed by atoms with Gasteiger partial charge in [0.05, 0.1) is 5.56 Å². The third-order valence-electron chi connectivity index (χ3n) is 4.20. The summed E-state index contributed by atoms with van der Waals surface area (Å²) in [6.07, 6.45) is 3.73. The van der Waals surface area contributed by atoms with Crippen LogP contribution in [0.5, 0.6) is 0 Å². The lowest BCUT2D eigenvalue weighted by Crippen LogP contribution is -2.27. The van der Waals surface area contributed by atoms with Crippen LogP contribution in [0, 0.1) is 0 Å². The number of anilines is 2. The molecule has 0 bridgehead atoms. The Labute approximate surface area is 151 Å². The van der Waals surface area contributed by atoms with Crippen molar-refractivity contribution in [1.82, 2.24) is 9.88 Å². The van der Waals surface area contributed by atoms with E-state index >= 15 is 0 Å². The van der Waals surface area contributed by atoms with E-state index in [0.717, 1.165) is 30.9 Å². The maximum Gasteiger partial charge on any atom is 0.255 e. The lowest BCUT2D eigenvalue weighted by molar-refractivity contribution is 0.0793. The number of carbonyl (C=O) groups is 1. The lowest BCUT2D eigenvalue weighted by atomic mass is 9.86. The molecule has 1 aromatic heterocycles. The van der Waals surface area contributed by atoms with Gasteiger partial charge >= 0.3 is 0 Å². The molecule has 0 radical (unpaired) electrons. The third-order valence-corrected chi connectivity index (χ3v) is 4.20. The molecule has 134 valence electrons. The Kier molecular flexibility index (Phi) is 6.18. The number of para-hydroxylation sites is 1. The first-order valence-corrected chi connectivity index (χ1v) is 8.91. The monoisotopic (exact) mass is 339 g/mol. The maximum atomic E-state index is 12.4. The van der Waals surface area contributed by atoms with Crippen molar-refractivity contribution < 1.29 is 4.79 Å². The normalized spacial score (nSPS) is 11.2. The Morgan fingerprint density at radius 1 is 1.16 bits per heavy atom. The number of amides is 1. The van der Waals surface area contributed by atoms with Crippen molar-refractivity contribution in [2.45, 2.75) is 46.0 Å². The largest absolute Gasteiger partial charge is 0.342 e. The van der Waals surface area contributed by atoms with Gasteiger partial charge in [-0.25, -0.2) is 4.98 Å². The summed E-state index contributed by atoms with van der Waals surface area (Å²) in [5.41, 5.74) is 2.94. The van der Waals surface area contributed by atoms with E-state index < -0.39 is 0 Å². The van der Waals surface area contributed by atoms with Crippen LogP contribution in [-0.2, 0) is 5.41 Å². The van der Waals surface area contributed by atoms with Crippen LogP contribution < -0.4 is 5.32 Å². The molecule has 1 amide bonds. The van der Waals surface area contributed by atoms with Crippen molar-refractivity contribution in [3.05, 3.63) is 53.7 Å². The fourth-order valence-electron chi connectivity index (χ4n) is 2.70. The van der Waals surface area contributed by atoms with Gasteiger partial charge in [-0.05, 0) is 35.6 Å². The van der Waals surface area contributed by atoms with Crippen LogP contribution in [0.15, 0.2) is 42.6 Å². The van der Waals surface area contributed by atoms with Crippen molar-refractivity contribution >= 4 is 17.4 Å². The van der Waals surface area contributed by atoms with Gasteiger partial charge in [-0.15, -0.1) is 0 Å². The lowest BCUT2D eigenvalue weighted by Gasteiger charge is -2.23. The van der Waals surface area contributed by atoms with Crippen molar-refractivity contribution in [1.29, 1.82) is 0 Å². The highest BCUT2D eigenvalue weighted by molar-refractivity contribution is 5.94. The molecule has 4 heteroatoms. The Balaban J connectivity index is 2.13. The van der Waals surface area contributed by atoms with E-state index in [-0.39, 0.29) is 11.3 Å². The quantitative estimate of drug-likeness (QED) is 0.806. The molecule has 25 heavy (non-hydrogen) atoms. The van der Waals surface area contributed by atoms with Gasteiger partial charge in [-0.2, -0.15) is 0 Å². The second-order valence-electron chi connectivity index (χ2n) is 7.43. The fraction of sp³-hybridized carbons (Fsp3) is 0.429. The highest BCUT2D eigenvalue weighted by Gasteiger charge is 2.18. The van der Waals surface area contributed by atoms with Gasteiger partial charge < -0.3 is 10.2 Å². The average molecular weight is 339 g/mol. The minimum absolute atomic E-state index is 0.0163. The summed E-state index contributed by atoms with van der Waals surface area (Å²) in [4.78, 5) is 18.5. The second kappa shape index (κ2) is 8.15. The van der Waals surface area contributed by atoms with Gasteiger partial charge in [-0.3, -0.25) is 4.79 Å². The molecular formula is C21H29N3O. The molecule has 0 saturated carbocycles. The molecule has 0 unspecified atom stereocenters. The van der Waals surface area contributed by atoms with E-state index in [9.17, 15) is 4.79 Å². The summed E-state index contributed by atoms with van der Waals surface area (Å²) in [5.74, 6) is 0.757. The zero-order valence-corrected chi connectivity index (χ0v) is 16.0. The number of rotatable bonds is 6. The van der Waals surface area contributed by atoms with E-state index in [1.54, 1.807) is 11.1 Å². The number of carbonyl (C=O) groups excluding carboxylic acids is 1. The van der Waals surface area contributed by atoms with Crippen LogP contribution in [0.3, 0.4) is 0 Å². The van der Waals surface area contributed by atoms with Gasteiger partial charge in [-0.1, -0.05) is 52.3 Å². The highest BCUT2D eigenvalue weighted by Crippen LogP contribution is 2.30. The smallest absolute Gasteiger partial charge is 0.255 e. The van der Waals surface area contributed by atoms with Crippen molar-refractivity contribution in [3.63, 3.8) is 0 Å². The first-order chi connectivity index (χ1) is 11.8. The van der Waals surface area contributed by atoms with E-state index in [1.165, 1.54) is 5.56 Å². The summed E-state index contributed by atoms with van der Waals surface area (Å²) in [5, 5.41) is 3.37. The van der Waals surface area contributed by atoms with Crippen molar-refractivity contribution in [2.24, 2.45) is 0 Å². The van der Waals surface area contributed by atoms with Crippen molar-refractivity contribution in [2.75, 3.05) is 18.9 Å². The van der Waals surface area contributed by atoms with Crippen LogP contribution >= 0.6 is 0 Å². The topological polar surface area (TPSA) is 45.2 Å². The Morgan fingerprint density at radius 3 is 2.48 bits per heavy atom. The fourth-order valence-corrected chi connectivity index (χ4v) is 2.70. The molecule has 0 spiro atoms. The summed E-state index contributed by atoms with van der Waals surface area (Å²) in [7, 11) is 1.84. The summed E-state index contributed by atoms with van der Waals surface area (Å²) < 4.78 is 0. The molecule has 0 fully saturated rings. The predicted molar refractivity (Wildman–Crippen MR) is 105 cm³/mol. The molecule has 0 aliphatic heterocycles. The summed E-state index contributed by atoms with van der Waals surface area (Å²) >= 11 is 0. The van der Waals surface area contributed by atoms with Gasteiger partial charge in [0, 0.05) is 25.5 Å². The molecule has 1 aromatic carbocycles. The minimum Gasteiger partial charge on any atom is -0.342 e. The van der Waals surface area contributed by atoms with Crippen LogP contribution in [0.25, 0.3) is 0 Å². The molecule has 1 heterocycles. The Bertz CT molecular complexity index is 702. The number of hydrogen-bond acceptors (Lipinski definition) is 3. The standard InChI is InChI=1S/C21H29N3O/c1-6-7-14-24(5)20(25)16-12-13-19(22-15-16)23-18-11-9-8-10-17(18)21(2,3)4/h8-13,15H,6-7,14H2,1-5H3,(H,22,23). The average Bonchev–Trinajstić information content (AvgIpc) is 2.59. The molecule has 4 nitrogen and oxygen atoms in total. The second-order valence-corrected chi connectivity index (χ2v) is 7.43. The highest BCUT2D eigenvalue weighted by atomic mass is 16.2. The first kappa shape index (κ1) is 19.0. The number of benzene rings is 1. The Morgan fingerprint density at radius 2 is 1.88 bits per heavy atom. The molecule has 0 saturated heterocycles. The van der Waals surface area contributed by atoms with Gasteiger partial charge in [0.2, 0.25) is 0 Å². The minimum atomic E-state index is 0.0163. The number of aromatic nitrogens is 1. The number of unbranched alkanes of at least 4 members (excludes halogenated alkanes) is 1. The predicted octanol–water partition coefficient (Wildman–Crippen LogP) is 4.99. The van der Waals surface area contributed by atoms with E-state index in [0.29, 0.717) is 5.56 Å². The number of nitrogens with zero attached hydrogens (tertiary/aromatic N) is 2. The number of hydrogen-bond donors (Lipinski definition) is 1. The number of pyridine rings is 1. The van der Waals surface area contributed by atoms with Crippen LogP contribution in [0.2, 0.25) is 0 Å². The van der Waals surface area contributed by atoms with Gasteiger partial charge in [0.15, 0.2) is 0 Å². The zero-order valence-electron chi connectivity index (χ0n) is 16.0. The summed E-state index contributed by atoms with van der Waals surface area (Å²) in [6.45, 7) is 9.46. The Hall–Kier alpha value is -2.36. The molecule has 2 aromatic rings. The van der Waals surface area contributed by atoms with Crippen molar-refractivity contribution in [3.8, 4) is 0 Å².